The number of carbonyl (C=O) groups excluding carboxylic acids is 1. The highest BCUT2D eigenvalue weighted by atomic mass is 35.5. The van der Waals surface area contributed by atoms with Crippen LogP contribution in [0.1, 0.15) is 47.7 Å². The highest BCUT2D eigenvalue weighted by Crippen LogP contribution is 2.39. The fourth-order valence-electron chi connectivity index (χ4n) is 3.85. The lowest BCUT2D eigenvalue weighted by Gasteiger charge is -2.29. The van der Waals surface area contributed by atoms with Crippen molar-refractivity contribution in [2.75, 3.05) is 10.7 Å². The topological polar surface area (TPSA) is 66.6 Å². The Labute approximate surface area is 191 Å². The maximum atomic E-state index is 13.0. The van der Waals surface area contributed by atoms with Gasteiger partial charge in [0.25, 0.3) is 5.91 Å². The maximum absolute atomic E-state index is 13.0. The van der Waals surface area contributed by atoms with Crippen LogP contribution in [0.25, 0.3) is 0 Å². The number of nitrogens with zero attached hydrogens (tertiary/aromatic N) is 1. The number of furan rings is 1. The first-order valence-electron chi connectivity index (χ1n) is 10.0. The molecule has 0 saturated carbocycles. The lowest BCUT2D eigenvalue weighted by Crippen LogP contribution is -2.27. The summed E-state index contributed by atoms with van der Waals surface area (Å²) in [5.41, 5.74) is 6.94. The summed E-state index contributed by atoms with van der Waals surface area (Å²) in [5, 5.41) is 8.14. The van der Waals surface area contributed by atoms with E-state index in [1.54, 1.807) is 18.2 Å². The number of hydrogen-bond acceptors (Lipinski definition) is 4. The molecule has 0 saturated heterocycles. The molecule has 0 aliphatic heterocycles. The standard InChI is InChI=1S/C24H23Cl2N3O2/c1-14-20-18(29-28-15-8-5-4-6-9-15)12-24(2,3)13-19(20)31-22(14)23(30)27-17-11-7-10-16(25)21(17)26/h4-11,28H,12-13H2,1-3H3,(H,27,30)/b29-18-. The largest absolute Gasteiger partial charge is 0.455 e. The number of hydrazone groups is 1. The maximum Gasteiger partial charge on any atom is 0.291 e. The quantitative estimate of drug-likeness (QED) is 0.418. The molecule has 160 valence electrons. The van der Waals surface area contributed by atoms with E-state index in [-0.39, 0.29) is 17.1 Å². The Morgan fingerprint density at radius 2 is 1.81 bits per heavy atom. The highest BCUT2D eigenvalue weighted by Gasteiger charge is 2.36. The van der Waals surface area contributed by atoms with Crippen molar-refractivity contribution >= 4 is 46.2 Å². The van der Waals surface area contributed by atoms with Crippen molar-refractivity contribution in [3.63, 3.8) is 0 Å². The summed E-state index contributed by atoms with van der Waals surface area (Å²) in [5.74, 6) is 0.653. The van der Waals surface area contributed by atoms with Gasteiger partial charge < -0.3 is 9.73 Å². The van der Waals surface area contributed by atoms with Crippen LogP contribution in [0.3, 0.4) is 0 Å². The number of rotatable bonds is 4. The Kier molecular flexibility index (Phi) is 5.82. The third-order valence-corrected chi connectivity index (χ3v) is 6.11. The summed E-state index contributed by atoms with van der Waals surface area (Å²) < 4.78 is 6.06. The first-order valence-corrected chi connectivity index (χ1v) is 10.8. The molecule has 2 aromatic carbocycles. The lowest BCUT2D eigenvalue weighted by atomic mass is 9.75. The molecule has 4 rings (SSSR count). The molecule has 31 heavy (non-hydrogen) atoms. The Morgan fingerprint density at radius 1 is 1.06 bits per heavy atom. The average molecular weight is 456 g/mol. The number of anilines is 2. The van der Waals surface area contributed by atoms with Gasteiger partial charge in [0.15, 0.2) is 5.76 Å². The smallest absolute Gasteiger partial charge is 0.291 e. The molecule has 1 aliphatic carbocycles. The van der Waals surface area contributed by atoms with Gasteiger partial charge in [0.1, 0.15) is 5.76 Å². The summed E-state index contributed by atoms with van der Waals surface area (Å²) in [6, 6.07) is 14.9. The molecule has 0 bridgehead atoms. The average Bonchev–Trinajstić information content (AvgIpc) is 3.05. The Hall–Kier alpha value is -2.76. The van der Waals surface area contributed by atoms with Crippen LogP contribution < -0.4 is 10.7 Å². The predicted molar refractivity (Wildman–Crippen MR) is 127 cm³/mol. The number of benzene rings is 2. The van der Waals surface area contributed by atoms with Crippen LogP contribution >= 0.6 is 23.2 Å². The minimum atomic E-state index is -0.371. The third kappa shape index (κ3) is 4.48. The summed E-state index contributed by atoms with van der Waals surface area (Å²) in [4.78, 5) is 13.0. The molecule has 0 radical (unpaired) electrons. The first-order chi connectivity index (χ1) is 14.7. The zero-order chi connectivity index (χ0) is 22.2. The number of carbonyl (C=O) groups is 1. The molecular weight excluding hydrogens is 433 g/mol. The summed E-state index contributed by atoms with van der Waals surface area (Å²) in [6.07, 6.45) is 1.49. The summed E-state index contributed by atoms with van der Waals surface area (Å²) in [7, 11) is 0. The molecule has 5 nitrogen and oxygen atoms in total. The lowest BCUT2D eigenvalue weighted by molar-refractivity contribution is 0.0993. The molecular formula is C24H23Cl2N3O2. The number of halogens is 2. The van der Waals surface area contributed by atoms with Crippen LogP contribution in [-0.2, 0) is 6.42 Å². The minimum absolute atomic E-state index is 0.0432. The molecule has 0 unspecified atom stereocenters. The van der Waals surface area contributed by atoms with E-state index < -0.39 is 0 Å². The second kappa shape index (κ2) is 8.40. The van der Waals surface area contributed by atoms with Gasteiger partial charge in [0.05, 0.1) is 27.1 Å². The van der Waals surface area contributed by atoms with Crippen LogP contribution in [0.5, 0.6) is 0 Å². The van der Waals surface area contributed by atoms with Crippen molar-refractivity contribution in [2.45, 2.75) is 33.6 Å². The van der Waals surface area contributed by atoms with Gasteiger partial charge in [-0.05, 0) is 43.0 Å². The van der Waals surface area contributed by atoms with Crippen molar-refractivity contribution in [3.05, 3.63) is 81.2 Å². The minimum Gasteiger partial charge on any atom is -0.455 e. The molecule has 2 N–H and O–H groups in total. The molecule has 0 fully saturated rings. The zero-order valence-corrected chi connectivity index (χ0v) is 19.1. The van der Waals surface area contributed by atoms with E-state index in [9.17, 15) is 4.79 Å². The molecule has 1 heterocycles. The van der Waals surface area contributed by atoms with Crippen molar-refractivity contribution in [2.24, 2.45) is 10.5 Å². The first kappa shape index (κ1) is 21.5. The van der Waals surface area contributed by atoms with Crippen LogP contribution in [0, 0.1) is 12.3 Å². The van der Waals surface area contributed by atoms with Gasteiger partial charge in [-0.1, -0.05) is 61.3 Å². The van der Waals surface area contributed by atoms with Gasteiger partial charge in [-0.25, -0.2) is 0 Å². The van der Waals surface area contributed by atoms with E-state index in [0.29, 0.717) is 15.7 Å². The molecule has 7 heteroatoms. The van der Waals surface area contributed by atoms with Crippen LogP contribution in [0.2, 0.25) is 10.0 Å². The number of nitrogens with one attached hydrogen (secondary N) is 2. The van der Waals surface area contributed by atoms with E-state index in [1.165, 1.54) is 0 Å². The second-order valence-corrected chi connectivity index (χ2v) is 9.25. The van der Waals surface area contributed by atoms with Crippen molar-refractivity contribution in [1.82, 2.24) is 0 Å². The van der Waals surface area contributed by atoms with Crippen LogP contribution in [0.15, 0.2) is 58.0 Å². The highest BCUT2D eigenvalue weighted by molar-refractivity contribution is 6.44. The van der Waals surface area contributed by atoms with E-state index in [4.69, 9.17) is 27.6 Å². The fraction of sp³-hybridized carbons (Fsp3) is 0.250. The molecule has 1 amide bonds. The number of para-hydroxylation sites is 1. The van der Waals surface area contributed by atoms with Crippen molar-refractivity contribution in [1.29, 1.82) is 0 Å². The SMILES string of the molecule is Cc1c(C(=O)Nc2cccc(Cl)c2Cl)oc2c1/C(=N\Nc1ccccc1)CC(C)(C)C2. The number of amides is 1. The van der Waals surface area contributed by atoms with Gasteiger partial charge in [-0.3, -0.25) is 10.2 Å². The molecule has 1 aromatic heterocycles. The van der Waals surface area contributed by atoms with Gasteiger partial charge >= 0.3 is 0 Å². The van der Waals surface area contributed by atoms with E-state index in [1.807, 2.05) is 37.3 Å². The number of hydrogen-bond donors (Lipinski definition) is 2. The third-order valence-electron chi connectivity index (χ3n) is 5.29. The van der Waals surface area contributed by atoms with Gasteiger partial charge in [-0.2, -0.15) is 5.10 Å². The Balaban J connectivity index is 1.68. The predicted octanol–water partition coefficient (Wildman–Crippen LogP) is 6.94. The number of fused-ring (bicyclic) bond motifs is 1. The van der Waals surface area contributed by atoms with E-state index in [2.05, 4.69) is 29.7 Å². The fourth-order valence-corrected chi connectivity index (χ4v) is 4.20. The second-order valence-electron chi connectivity index (χ2n) is 8.46. The Morgan fingerprint density at radius 3 is 2.55 bits per heavy atom. The van der Waals surface area contributed by atoms with E-state index in [0.717, 1.165) is 41.1 Å². The van der Waals surface area contributed by atoms with Gasteiger partial charge in [0.2, 0.25) is 0 Å². The summed E-state index contributed by atoms with van der Waals surface area (Å²) >= 11 is 12.3. The monoisotopic (exact) mass is 455 g/mol. The molecule has 1 aliphatic rings. The van der Waals surface area contributed by atoms with Crippen LogP contribution in [-0.4, -0.2) is 11.6 Å². The van der Waals surface area contributed by atoms with Crippen LogP contribution in [0.4, 0.5) is 11.4 Å². The van der Waals surface area contributed by atoms with Crippen molar-refractivity contribution in [3.8, 4) is 0 Å². The molecule has 0 spiro atoms. The summed E-state index contributed by atoms with van der Waals surface area (Å²) in [6.45, 7) is 6.21. The molecule has 0 atom stereocenters. The molecule has 3 aromatic rings. The van der Waals surface area contributed by atoms with Gasteiger partial charge in [-0.15, -0.1) is 0 Å². The Bertz CT molecular complexity index is 1170. The normalized spacial score (nSPS) is 16.1. The zero-order valence-electron chi connectivity index (χ0n) is 17.6. The van der Waals surface area contributed by atoms with Gasteiger partial charge in [0, 0.05) is 17.5 Å². The van der Waals surface area contributed by atoms with E-state index >= 15 is 0 Å². The van der Waals surface area contributed by atoms with Crippen molar-refractivity contribution < 1.29 is 9.21 Å².